The lowest BCUT2D eigenvalue weighted by molar-refractivity contribution is 0.129. The van der Waals surface area contributed by atoms with Crippen LogP contribution in [0.15, 0.2) is 24.3 Å². The van der Waals surface area contributed by atoms with E-state index in [1.165, 1.54) is 39.0 Å². The monoisotopic (exact) mass is 244 g/mol. The molecule has 2 unspecified atom stereocenters. The quantitative estimate of drug-likeness (QED) is 0.860. The first kappa shape index (κ1) is 12.2. The van der Waals surface area contributed by atoms with Gasteiger partial charge in [0.15, 0.2) is 0 Å². The summed E-state index contributed by atoms with van der Waals surface area (Å²) in [7, 11) is 0. The highest BCUT2D eigenvalue weighted by molar-refractivity contribution is 5.32. The molecule has 0 bridgehead atoms. The van der Waals surface area contributed by atoms with Gasteiger partial charge in [-0.05, 0) is 42.9 Å². The van der Waals surface area contributed by atoms with E-state index in [9.17, 15) is 0 Å². The largest absolute Gasteiger partial charge is 0.316 e. The molecule has 1 N–H and O–H groups in total. The Hall–Kier alpha value is -0.860. The minimum atomic E-state index is 0.473. The lowest BCUT2D eigenvalue weighted by Crippen LogP contribution is -2.42. The van der Waals surface area contributed by atoms with E-state index in [4.69, 9.17) is 0 Å². The van der Waals surface area contributed by atoms with Crippen molar-refractivity contribution in [3.63, 3.8) is 0 Å². The molecule has 1 saturated heterocycles. The van der Waals surface area contributed by atoms with E-state index >= 15 is 0 Å². The minimum absolute atomic E-state index is 0.473. The van der Waals surface area contributed by atoms with Crippen molar-refractivity contribution in [3.8, 4) is 0 Å². The maximum absolute atomic E-state index is 3.51. The van der Waals surface area contributed by atoms with E-state index in [1.54, 1.807) is 11.1 Å². The van der Waals surface area contributed by atoms with Crippen LogP contribution < -0.4 is 5.32 Å². The molecule has 2 atom stereocenters. The molecule has 98 valence electrons. The van der Waals surface area contributed by atoms with Crippen molar-refractivity contribution in [2.75, 3.05) is 26.2 Å². The molecule has 0 aliphatic carbocycles. The third-order valence-corrected chi connectivity index (χ3v) is 4.76. The number of hydrogen-bond donors (Lipinski definition) is 1. The Morgan fingerprint density at radius 1 is 1.39 bits per heavy atom. The maximum Gasteiger partial charge on any atom is 0.0322 e. The number of hydrogen-bond acceptors (Lipinski definition) is 2. The zero-order valence-corrected chi connectivity index (χ0v) is 11.6. The highest BCUT2D eigenvalue weighted by Crippen LogP contribution is 2.34. The second kappa shape index (κ2) is 4.67. The topological polar surface area (TPSA) is 15.3 Å². The van der Waals surface area contributed by atoms with Crippen LogP contribution in [-0.4, -0.2) is 31.1 Å². The smallest absolute Gasteiger partial charge is 0.0322 e. The first-order chi connectivity index (χ1) is 8.68. The molecule has 2 heteroatoms. The Morgan fingerprint density at radius 3 is 3.00 bits per heavy atom. The first-order valence-corrected chi connectivity index (χ1v) is 7.21. The third-order valence-electron chi connectivity index (χ3n) is 4.76. The van der Waals surface area contributed by atoms with Crippen LogP contribution in [0.2, 0.25) is 0 Å². The summed E-state index contributed by atoms with van der Waals surface area (Å²) in [6.07, 6.45) is 2.53. The summed E-state index contributed by atoms with van der Waals surface area (Å²) in [4.78, 5) is 2.68. The molecule has 18 heavy (non-hydrogen) atoms. The van der Waals surface area contributed by atoms with Crippen molar-refractivity contribution in [2.45, 2.75) is 32.7 Å². The third kappa shape index (κ3) is 2.19. The molecule has 2 aliphatic rings. The van der Waals surface area contributed by atoms with Gasteiger partial charge in [0.2, 0.25) is 0 Å². The van der Waals surface area contributed by atoms with Gasteiger partial charge >= 0.3 is 0 Å². The summed E-state index contributed by atoms with van der Waals surface area (Å²) in [5, 5.41) is 3.51. The minimum Gasteiger partial charge on any atom is -0.316 e. The summed E-state index contributed by atoms with van der Waals surface area (Å²) < 4.78 is 0. The molecule has 2 heterocycles. The Morgan fingerprint density at radius 2 is 2.22 bits per heavy atom. The van der Waals surface area contributed by atoms with Gasteiger partial charge in [-0.1, -0.05) is 31.2 Å². The van der Waals surface area contributed by atoms with Crippen LogP contribution in [0.5, 0.6) is 0 Å². The molecule has 0 radical (unpaired) electrons. The van der Waals surface area contributed by atoms with Gasteiger partial charge in [-0.2, -0.15) is 0 Å². The van der Waals surface area contributed by atoms with E-state index in [-0.39, 0.29) is 0 Å². The highest BCUT2D eigenvalue weighted by Gasteiger charge is 2.33. The first-order valence-electron chi connectivity index (χ1n) is 7.21. The van der Waals surface area contributed by atoms with Gasteiger partial charge in [-0.3, -0.25) is 4.90 Å². The molecule has 1 fully saturated rings. The molecular weight excluding hydrogens is 220 g/mol. The van der Waals surface area contributed by atoms with Crippen LogP contribution >= 0.6 is 0 Å². The van der Waals surface area contributed by atoms with Gasteiger partial charge in [0.05, 0.1) is 0 Å². The van der Waals surface area contributed by atoms with E-state index in [2.05, 4.69) is 48.3 Å². The van der Waals surface area contributed by atoms with Crippen LogP contribution in [0, 0.1) is 5.41 Å². The molecule has 0 aromatic heterocycles. The number of rotatable bonds is 2. The summed E-state index contributed by atoms with van der Waals surface area (Å²) in [6, 6.07) is 9.53. The number of nitrogens with one attached hydrogen (secondary N) is 1. The Bertz CT molecular complexity index is 421. The molecule has 3 rings (SSSR count). The predicted octanol–water partition coefficient (Wildman–Crippen LogP) is 2.61. The molecule has 0 amide bonds. The predicted molar refractivity (Wildman–Crippen MR) is 75.7 cm³/mol. The van der Waals surface area contributed by atoms with E-state index in [0.29, 0.717) is 11.5 Å². The summed E-state index contributed by atoms with van der Waals surface area (Å²) in [5.41, 5.74) is 3.56. The second-order valence-electron chi connectivity index (χ2n) is 6.33. The second-order valence-corrected chi connectivity index (χ2v) is 6.33. The fourth-order valence-corrected chi connectivity index (χ4v) is 3.53. The fourth-order valence-electron chi connectivity index (χ4n) is 3.53. The molecule has 0 saturated carbocycles. The average molecular weight is 244 g/mol. The zero-order chi connectivity index (χ0) is 12.6. The number of benzene rings is 1. The van der Waals surface area contributed by atoms with Gasteiger partial charge in [0.1, 0.15) is 0 Å². The zero-order valence-electron chi connectivity index (χ0n) is 11.6. The van der Waals surface area contributed by atoms with Gasteiger partial charge in [-0.15, -0.1) is 0 Å². The molecule has 1 aromatic rings. The van der Waals surface area contributed by atoms with Crippen molar-refractivity contribution in [1.82, 2.24) is 10.2 Å². The van der Waals surface area contributed by atoms with Crippen LogP contribution in [0.25, 0.3) is 0 Å². The van der Waals surface area contributed by atoms with Crippen molar-refractivity contribution in [2.24, 2.45) is 5.41 Å². The highest BCUT2D eigenvalue weighted by atomic mass is 15.2. The van der Waals surface area contributed by atoms with Crippen molar-refractivity contribution in [3.05, 3.63) is 35.4 Å². The summed E-state index contributed by atoms with van der Waals surface area (Å²) >= 11 is 0. The normalized spacial score (nSPS) is 32.4. The van der Waals surface area contributed by atoms with E-state index in [0.717, 1.165) is 0 Å². The Kier molecular flexibility index (Phi) is 3.16. The number of nitrogens with zero attached hydrogens (tertiary/aromatic N) is 1. The van der Waals surface area contributed by atoms with Gasteiger partial charge in [-0.25, -0.2) is 0 Å². The lowest BCUT2D eigenvalue weighted by Gasteiger charge is -2.40. The van der Waals surface area contributed by atoms with E-state index in [1.807, 2.05) is 0 Å². The van der Waals surface area contributed by atoms with Crippen LogP contribution in [0.1, 0.15) is 37.4 Å². The molecule has 2 nitrogen and oxygen atoms in total. The Balaban J connectivity index is 1.76. The summed E-state index contributed by atoms with van der Waals surface area (Å²) in [6.45, 7) is 9.61. The van der Waals surface area contributed by atoms with Crippen LogP contribution in [-0.2, 0) is 6.42 Å². The van der Waals surface area contributed by atoms with Crippen molar-refractivity contribution < 1.29 is 0 Å². The Labute approximate surface area is 110 Å². The molecule has 2 aliphatic heterocycles. The van der Waals surface area contributed by atoms with Crippen LogP contribution in [0.3, 0.4) is 0 Å². The average Bonchev–Trinajstić information content (AvgIpc) is 2.80. The van der Waals surface area contributed by atoms with Gasteiger partial charge in [0.25, 0.3) is 0 Å². The molecular formula is C16H24N2. The van der Waals surface area contributed by atoms with Gasteiger partial charge < -0.3 is 5.32 Å². The van der Waals surface area contributed by atoms with Gasteiger partial charge in [0, 0.05) is 25.7 Å². The van der Waals surface area contributed by atoms with Crippen molar-refractivity contribution in [1.29, 1.82) is 0 Å². The number of fused-ring (bicyclic) bond motifs is 1. The lowest BCUT2D eigenvalue weighted by atomic mass is 9.86. The SMILES string of the molecule is CC1c2ccccc2CCN1CC1(C)CCNC1. The van der Waals surface area contributed by atoms with Crippen LogP contribution in [0.4, 0.5) is 0 Å². The van der Waals surface area contributed by atoms with Crippen molar-refractivity contribution >= 4 is 0 Å². The molecule has 1 aromatic carbocycles. The molecule has 0 spiro atoms. The standard InChI is InChI=1S/C16H24N2/c1-13-15-6-4-3-5-14(15)7-10-18(13)12-16(2)8-9-17-11-16/h3-6,13,17H,7-12H2,1-2H3. The van der Waals surface area contributed by atoms with E-state index < -0.39 is 0 Å². The summed E-state index contributed by atoms with van der Waals surface area (Å²) in [5.74, 6) is 0. The maximum atomic E-state index is 3.51. The fraction of sp³-hybridized carbons (Fsp3) is 0.625.